The number of hydrogen-bond acceptors (Lipinski definition) is 3. The van der Waals surface area contributed by atoms with E-state index in [0.717, 1.165) is 0 Å². The van der Waals surface area contributed by atoms with E-state index in [0.29, 0.717) is 0 Å². The first-order chi connectivity index (χ1) is 16.6. The van der Waals surface area contributed by atoms with Crippen LogP contribution in [0.2, 0.25) is 0 Å². The van der Waals surface area contributed by atoms with Crippen LogP contribution in [0.15, 0.2) is 30.3 Å². The Morgan fingerprint density at radius 1 is 0.632 bits per heavy atom. The molecule has 0 aliphatic carbocycles. The lowest BCUT2D eigenvalue weighted by molar-refractivity contribution is -0.462. The van der Waals surface area contributed by atoms with Crippen LogP contribution in [0.4, 0.5) is 74.6 Å². The molecule has 0 bridgehead atoms. The number of carbonyl (C=O) groups excluding carboxylic acids is 1. The second kappa shape index (κ2) is 9.89. The molecule has 3 nitrogen and oxygen atoms in total. The molecule has 0 spiro atoms. The molecular formula is C18H11F17O3. The van der Waals surface area contributed by atoms with Crippen molar-refractivity contribution in [2.45, 2.75) is 66.8 Å². The smallest absolute Gasteiger partial charge is 0.459 e. The molecule has 0 aromatic heterocycles. The van der Waals surface area contributed by atoms with Crippen molar-refractivity contribution >= 4 is 5.97 Å². The highest BCUT2D eigenvalue weighted by Crippen LogP contribution is 2.64. The summed E-state index contributed by atoms with van der Waals surface area (Å²) >= 11 is 0. The zero-order valence-electron chi connectivity index (χ0n) is 17.6. The van der Waals surface area contributed by atoms with Crippen LogP contribution in [0, 0.1) is 0 Å². The van der Waals surface area contributed by atoms with Crippen molar-refractivity contribution in [3.05, 3.63) is 35.9 Å². The van der Waals surface area contributed by atoms with Gasteiger partial charge in [0, 0.05) is 0 Å². The van der Waals surface area contributed by atoms with Gasteiger partial charge in [0.15, 0.2) is 6.10 Å². The third-order valence-corrected chi connectivity index (χ3v) is 4.73. The Balaban J connectivity index is 3.32. The summed E-state index contributed by atoms with van der Waals surface area (Å²) in [5.74, 6) is -60.0. The van der Waals surface area contributed by atoms with Crippen LogP contribution in [0.5, 0.6) is 0 Å². The topological polar surface area (TPSA) is 46.5 Å². The van der Waals surface area contributed by atoms with E-state index in [1.54, 1.807) is 0 Å². The Kier molecular flexibility index (Phi) is 8.72. The molecule has 0 fully saturated rings. The summed E-state index contributed by atoms with van der Waals surface area (Å²) in [6, 6.07) is 6.48. The number of benzene rings is 1. The van der Waals surface area contributed by atoms with E-state index < -0.39 is 72.7 Å². The zero-order chi connectivity index (χ0) is 30.4. The monoisotopic (exact) mass is 598 g/mol. The molecule has 1 atom stereocenters. The van der Waals surface area contributed by atoms with E-state index in [-0.39, 0.29) is 5.56 Å². The van der Waals surface area contributed by atoms with E-state index in [1.165, 1.54) is 30.3 Å². The largest absolute Gasteiger partial charge is 0.460 e. The third-order valence-electron chi connectivity index (χ3n) is 4.73. The Morgan fingerprint density at radius 2 is 1.00 bits per heavy atom. The number of rotatable bonds is 11. The van der Waals surface area contributed by atoms with E-state index in [2.05, 4.69) is 4.74 Å². The van der Waals surface area contributed by atoms with Crippen molar-refractivity contribution < 1.29 is 89.3 Å². The Labute approximate surface area is 199 Å². The number of hydrogen-bond donors (Lipinski definition) is 1. The number of aliphatic hydroxyl groups excluding tert-OH is 1. The maximum absolute atomic E-state index is 13.8. The fourth-order valence-corrected chi connectivity index (χ4v) is 2.48. The predicted molar refractivity (Wildman–Crippen MR) is 87.5 cm³/mol. The predicted octanol–water partition coefficient (Wildman–Crippen LogP) is 6.49. The van der Waals surface area contributed by atoms with Gasteiger partial charge in [-0.15, -0.1) is 0 Å². The third kappa shape index (κ3) is 5.18. The second-order valence-electron chi connectivity index (χ2n) is 7.46. The number of esters is 1. The number of ether oxygens (including phenoxy) is 1. The average Bonchev–Trinajstić information content (AvgIpc) is 2.76. The Morgan fingerprint density at radius 3 is 1.39 bits per heavy atom. The lowest BCUT2D eigenvalue weighted by Gasteiger charge is -2.43. The molecule has 1 rings (SSSR count). The number of carbonyl (C=O) groups is 1. The maximum Gasteiger partial charge on any atom is 0.460 e. The van der Waals surface area contributed by atoms with E-state index in [9.17, 15) is 84.5 Å². The van der Waals surface area contributed by atoms with Crippen molar-refractivity contribution in [1.82, 2.24) is 0 Å². The Bertz CT molecular complexity index is 972. The molecule has 0 radical (unpaired) electrons. The van der Waals surface area contributed by atoms with Crippen molar-refractivity contribution in [3.8, 4) is 0 Å². The highest BCUT2D eigenvalue weighted by molar-refractivity contribution is 5.74. The molecule has 0 aliphatic heterocycles. The highest BCUT2D eigenvalue weighted by atomic mass is 19.4. The summed E-state index contributed by atoms with van der Waals surface area (Å²) in [6.45, 7) is -0.873. The summed E-state index contributed by atoms with van der Waals surface area (Å²) in [4.78, 5) is 11.5. The number of alkyl halides is 17. The SMILES string of the molecule is O=C(OCc1ccccc1)C(O)CC(F)(F)C(F)(F)C(F)(F)C(F)(F)C(F)(F)C(F)(F)C(F)(F)C(F)(F)F. The van der Waals surface area contributed by atoms with Crippen LogP contribution >= 0.6 is 0 Å². The molecule has 20 heteroatoms. The van der Waals surface area contributed by atoms with Crippen molar-refractivity contribution in [2.24, 2.45) is 0 Å². The van der Waals surface area contributed by atoms with E-state index in [4.69, 9.17) is 0 Å². The number of aliphatic hydroxyl groups is 1. The quantitative estimate of drug-likeness (QED) is 0.234. The molecule has 1 aromatic carbocycles. The molecule has 220 valence electrons. The molecule has 1 N–H and O–H groups in total. The van der Waals surface area contributed by atoms with Crippen LogP contribution in [0.3, 0.4) is 0 Å². The van der Waals surface area contributed by atoms with Crippen LogP contribution in [-0.4, -0.2) is 64.8 Å². The number of halogens is 17. The van der Waals surface area contributed by atoms with Gasteiger partial charge < -0.3 is 9.84 Å². The summed E-state index contributed by atoms with van der Waals surface area (Å²) in [5.41, 5.74) is 0.0649. The van der Waals surface area contributed by atoms with E-state index >= 15 is 0 Å². The average molecular weight is 598 g/mol. The van der Waals surface area contributed by atoms with Gasteiger partial charge in [0.05, 0.1) is 6.42 Å². The molecule has 0 amide bonds. The van der Waals surface area contributed by atoms with Gasteiger partial charge in [-0.1, -0.05) is 30.3 Å². The minimum absolute atomic E-state index is 0.0649. The van der Waals surface area contributed by atoms with Crippen LogP contribution in [0.1, 0.15) is 12.0 Å². The Hall–Kier alpha value is -2.54. The van der Waals surface area contributed by atoms with Gasteiger partial charge in [-0.2, -0.15) is 74.6 Å². The van der Waals surface area contributed by atoms with Gasteiger partial charge in [0.1, 0.15) is 6.61 Å². The van der Waals surface area contributed by atoms with E-state index in [1.807, 2.05) is 0 Å². The summed E-state index contributed by atoms with van der Waals surface area (Å²) < 4.78 is 229. The summed E-state index contributed by atoms with van der Waals surface area (Å²) in [7, 11) is 0. The van der Waals surface area contributed by atoms with Gasteiger partial charge in [-0.3, -0.25) is 0 Å². The summed E-state index contributed by atoms with van der Waals surface area (Å²) in [6.07, 6.45) is -14.7. The molecule has 1 aromatic rings. The first-order valence-corrected chi connectivity index (χ1v) is 9.23. The maximum atomic E-state index is 13.8. The minimum Gasteiger partial charge on any atom is -0.459 e. The van der Waals surface area contributed by atoms with Gasteiger partial charge in [0.25, 0.3) is 0 Å². The summed E-state index contributed by atoms with van der Waals surface area (Å²) in [5, 5.41) is 9.24. The first kappa shape index (κ1) is 33.5. The normalized spacial score (nSPS) is 15.8. The zero-order valence-corrected chi connectivity index (χ0v) is 17.6. The van der Waals surface area contributed by atoms with Crippen molar-refractivity contribution in [2.75, 3.05) is 0 Å². The van der Waals surface area contributed by atoms with Crippen LogP contribution in [-0.2, 0) is 16.1 Å². The molecule has 0 saturated carbocycles. The molecular weight excluding hydrogens is 587 g/mol. The molecule has 0 saturated heterocycles. The lowest BCUT2D eigenvalue weighted by Crippen LogP contribution is -2.74. The minimum atomic E-state index is -8.75. The highest BCUT2D eigenvalue weighted by Gasteiger charge is 2.95. The lowest BCUT2D eigenvalue weighted by atomic mass is 9.87. The molecule has 0 aliphatic rings. The molecule has 1 unspecified atom stereocenters. The van der Waals surface area contributed by atoms with Crippen molar-refractivity contribution in [1.29, 1.82) is 0 Å². The fraction of sp³-hybridized carbons (Fsp3) is 0.611. The van der Waals surface area contributed by atoms with Crippen LogP contribution < -0.4 is 0 Å². The van der Waals surface area contributed by atoms with Gasteiger partial charge in [-0.05, 0) is 5.56 Å². The van der Waals surface area contributed by atoms with Gasteiger partial charge in [-0.25, -0.2) is 4.79 Å². The second-order valence-corrected chi connectivity index (χ2v) is 7.46. The van der Waals surface area contributed by atoms with Crippen molar-refractivity contribution in [3.63, 3.8) is 0 Å². The van der Waals surface area contributed by atoms with Crippen LogP contribution in [0.25, 0.3) is 0 Å². The molecule has 0 heterocycles. The van der Waals surface area contributed by atoms with Gasteiger partial charge >= 0.3 is 53.6 Å². The molecule has 38 heavy (non-hydrogen) atoms. The standard InChI is InChI=1S/C18H11F17O3/c19-11(20,6-9(36)10(37)38-7-8-4-2-1-3-5-8)12(21,22)13(23,24)14(25,26)15(27,28)16(29,30)17(31,32)18(33,34)35/h1-5,9,36H,6-7H2. The fourth-order valence-electron chi connectivity index (χ4n) is 2.48. The van der Waals surface area contributed by atoms with Gasteiger partial charge in [0.2, 0.25) is 0 Å². The first-order valence-electron chi connectivity index (χ1n) is 9.23.